The average molecular weight is 213 g/mol. The van der Waals surface area contributed by atoms with E-state index in [9.17, 15) is 0 Å². The molecule has 2 aliphatic rings. The number of nitrogens with one attached hydrogen (secondary N) is 2. The number of ether oxygens (including phenoxy) is 1. The van der Waals surface area contributed by atoms with Gasteiger partial charge in [0.2, 0.25) is 0 Å². The normalized spacial score (nSPS) is 39.2. The van der Waals surface area contributed by atoms with Gasteiger partial charge in [-0.1, -0.05) is 0 Å². The molecule has 2 aliphatic heterocycles. The summed E-state index contributed by atoms with van der Waals surface area (Å²) in [7, 11) is 0. The molecule has 0 aromatic carbocycles. The molecule has 0 aromatic rings. The van der Waals surface area contributed by atoms with Crippen molar-refractivity contribution >= 4 is 0 Å². The molecule has 0 bridgehead atoms. The van der Waals surface area contributed by atoms with Crippen LogP contribution in [0.5, 0.6) is 0 Å². The van der Waals surface area contributed by atoms with Crippen molar-refractivity contribution in [3.63, 3.8) is 0 Å². The number of rotatable bonds is 2. The topological polar surface area (TPSA) is 36.5 Å². The van der Waals surface area contributed by atoms with E-state index in [1.54, 1.807) is 0 Å². The second kappa shape index (κ2) is 5.25. The third-order valence-corrected chi connectivity index (χ3v) is 3.39. The summed E-state index contributed by atoms with van der Waals surface area (Å²) in [6, 6.07) is 1.78. The van der Waals surface area contributed by atoms with E-state index in [0.29, 0.717) is 18.1 Å². The third-order valence-electron chi connectivity index (χ3n) is 3.39. The van der Waals surface area contributed by atoms with Crippen LogP contribution in [0.3, 0.4) is 0 Å². The van der Waals surface area contributed by atoms with E-state index in [0.717, 1.165) is 39.4 Å². The Bertz CT molecular complexity index is 192. The van der Waals surface area contributed by atoms with Crippen LogP contribution in [-0.2, 0) is 4.74 Å². The van der Waals surface area contributed by atoms with Crippen molar-refractivity contribution in [3.05, 3.63) is 0 Å². The lowest BCUT2D eigenvalue weighted by Gasteiger charge is -2.38. The Balaban J connectivity index is 1.75. The summed E-state index contributed by atoms with van der Waals surface area (Å²) in [4.78, 5) is 2.53. The molecule has 2 saturated heterocycles. The predicted molar refractivity (Wildman–Crippen MR) is 61.1 cm³/mol. The van der Waals surface area contributed by atoms with Gasteiger partial charge < -0.3 is 15.4 Å². The minimum absolute atomic E-state index is 0.569. The lowest BCUT2D eigenvalue weighted by atomic mass is 10.1. The molecule has 2 N–H and O–H groups in total. The van der Waals surface area contributed by atoms with Crippen LogP contribution in [0.1, 0.15) is 13.8 Å². The summed E-state index contributed by atoms with van der Waals surface area (Å²) in [5, 5.41) is 7.11. The first-order valence-corrected chi connectivity index (χ1v) is 6.04. The van der Waals surface area contributed by atoms with Gasteiger partial charge in [-0.3, -0.25) is 4.90 Å². The molecule has 3 atom stereocenters. The zero-order chi connectivity index (χ0) is 10.7. The van der Waals surface area contributed by atoms with E-state index in [4.69, 9.17) is 4.74 Å². The van der Waals surface area contributed by atoms with Crippen molar-refractivity contribution in [2.75, 3.05) is 39.4 Å². The second-order valence-corrected chi connectivity index (χ2v) is 4.83. The quantitative estimate of drug-likeness (QED) is 0.658. The van der Waals surface area contributed by atoms with E-state index in [-0.39, 0.29) is 0 Å². The second-order valence-electron chi connectivity index (χ2n) is 4.83. The van der Waals surface area contributed by atoms with Crippen molar-refractivity contribution in [2.45, 2.75) is 32.0 Å². The van der Waals surface area contributed by atoms with Crippen LogP contribution in [0.2, 0.25) is 0 Å². The predicted octanol–water partition coefficient (Wildman–Crippen LogP) is -0.343. The number of piperazine rings is 1. The molecule has 4 heteroatoms. The number of hydrogen-bond donors (Lipinski definition) is 2. The highest BCUT2D eigenvalue weighted by molar-refractivity contribution is 4.84. The van der Waals surface area contributed by atoms with Crippen molar-refractivity contribution in [3.8, 4) is 0 Å². The van der Waals surface area contributed by atoms with Gasteiger partial charge in [-0.25, -0.2) is 0 Å². The molecule has 0 aliphatic carbocycles. The number of morpholine rings is 1. The fourth-order valence-electron chi connectivity index (χ4n) is 2.28. The summed E-state index contributed by atoms with van der Waals surface area (Å²) < 4.78 is 5.44. The molecule has 0 radical (unpaired) electrons. The van der Waals surface area contributed by atoms with Gasteiger partial charge in [-0.15, -0.1) is 0 Å². The van der Waals surface area contributed by atoms with Crippen LogP contribution in [0.15, 0.2) is 0 Å². The van der Waals surface area contributed by atoms with Crippen LogP contribution in [-0.4, -0.2) is 62.4 Å². The van der Waals surface area contributed by atoms with Gasteiger partial charge in [0.1, 0.15) is 0 Å². The smallest absolute Gasteiger partial charge is 0.0619 e. The minimum atomic E-state index is 0.569. The lowest BCUT2D eigenvalue weighted by Crippen LogP contribution is -2.59. The fraction of sp³-hybridized carbons (Fsp3) is 1.00. The van der Waals surface area contributed by atoms with E-state index in [2.05, 4.69) is 29.4 Å². The van der Waals surface area contributed by atoms with Crippen molar-refractivity contribution in [1.82, 2.24) is 15.5 Å². The molecular weight excluding hydrogens is 190 g/mol. The summed E-state index contributed by atoms with van der Waals surface area (Å²) >= 11 is 0. The molecule has 1 unspecified atom stereocenters. The van der Waals surface area contributed by atoms with Gasteiger partial charge in [-0.2, -0.15) is 0 Å². The number of hydrogen-bond acceptors (Lipinski definition) is 4. The summed E-state index contributed by atoms with van der Waals surface area (Å²) in [5.41, 5.74) is 0. The van der Waals surface area contributed by atoms with Crippen LogP contribution < -0.4 is 10.6 Å². The largest absolute Gasteiger partial charge is 0.379 e. The lowest BCUT2D eigenvalue weighted by molar-refractivity contribution is -0.00528. The molecule has 15 heavy (non-hydrogen) atoms. The van der Waals surface area contributed by atoms with Crippen LogP contribution in [0, 0.1) is 0 Å². The molecule has 88 valence electrons. The highest BCUT2D eigenvalue weighted by Gasteiger charge is 2.24. The summed E-state index contributed by atoms with van der Waals surface area (Å²) in [6.07, 6.45) is 0. The Morgan fingerprint density at radius 3 is 2.80 bits per heavy atom. The SMILES string of the molecule is CC1CN[C@@H](CN2CCOC[C@H]2C)CN1. The summed E-state index contributed by atoms with van der Waals surface area (Å²) in [6.45, 7) is 10.6. The number of nitrogens with zero attached hydrogens (tertiary/aromatic N) is 1. The molecule has 0 amide bonds. The first kappa shape index (κ1) is 11.3. The van der Waals surface area contributed by atoms with Gasteiger partial charge in [-0.05, 0) is 13.8 Å². The Morgan fingerprint density at radius 1 is 1.27 bits per heavy atom. The highest BCUT2D eigenvalue weighted by Crippen LogP contribution is 2.07. The first-order valence-electron chi connectivity index (χ1n) is 6.04. The van der Waals surface area contributed by atoms with Crippen molar-refractivity contribution < 1.29 is 4.74 Å². The molecule has 2 rings (SSSR count). The van der Waals surface area contributed by atoms with E-state index < -0.39 is 0 Å². The molecule has 2 fully saturated rings. The van der Waals surface area contributed by atoms with Gasteiger partial charge in [0.25, 0.3) is 0 Å². The van der Waals surface area contributed by atoms with Crippen LogP contribution >= 0.6 is 0 Å². The first-order chi connectivity index (χ1) is 7.25. The molecule has 0 saturated carbocycles. The van der Waals surface area contributed by atoms with Gasteiger partial charge in [0, 0.05) is 44.3 Å². The maximum Gasteiger partial charge on any atom is 0.0619 e. The fourth-order valence-corrected chi connectivity index (χ4v) is 2.28. The highest BCUT2D eigenvalue weighted by atomic mass is 16.5. The van der Waals surface area contributed by atoms with Crippen molar-refractivity contribution in [1.29, 1.82) is 0 Å². The molecule has 0 spiro atoms. The Hall–Kier alpha value is -0.160. The maximum absolute atomic E-state index is 5.44. The standard InChI is InChI=1S/C11H23N3O/c1-9-5-13-11(6-12-9)7-14-3-4-15-8-10(14)2/h9-13H,3-8H2,1-2H3/t9?,10-,11-/m1/s1. The third kappa shape index (κ3) is 3.14. The van der Waals surface area contributed by atoms with Crippen molar-refractivity contribution in [2.24, 2.45) is 0 Å². The molecule has 2 heterocycles. The van der Waals surface area contributed by atoms with Crippen LogP contribution in [0.4, 0.5) is 0 Å². The van der Waals surface area contributed by atoms with E-state index >= 15 is 0 Å². The zero-order valence-electron chi connectivity index (χ0n) is 9.83. The monoisotopic (exact) mass is 213 g/mol. The minimum Gasteiger partial charge on any atom is -0.379 e. The van der Waals surface area contributed by atoms with Gasteiger partial charge in [0.15, 0.2) is 0 Å². The maximum atomic E-state index is 5.44. The summed E-state index contributed by atoms with van der Waals surface area (Å²) in [5.74, 6) is 0. The van der Waals surface area contributed by atoms with Crippen LogP contribution in [0.25, 0.3) is 0 Å². The molecule has 0 aromatic heterocycles. The Labute approximate surface area is 92.4 Å². The Kier molecular flexibility index (Phi) is 3.97. The van der Waals surface area contributed by atoms with E-state index in [1.807, 2.05) is 0 Å². The van der Waals surface area contributed by atoms with Gasteiger partial charge in [0.05, 0.1) is 13.2 Å². The molecule has 4 nitrogen and oxygen atoms in total. The average Bonchev–Trinajstić information content (AvgIpc) is 2.25. The van der Waals surface area contributed by atoms with E-state index in [1.165, 1.54) is 0 Å². The Morgan fingerprint density at radius 2 is 2.13 bits per heavy atom. The van der Waals surface area contributed by atoms with Gasteiger partial charge >= 0.3 is 0 Å². The molecular formula is C11H23N3O. The zero-order valence-corrected chi connectivity index (χ0v) is 9.83.